The number of amides is 2. The number of halogens is 2. The highest BCUT2D eigenvalue weighted by Crippen LogP contribution is 2.24. The first-order valence-corrected chi connectivity index (χ1v) is 6.63. The first-order chi connectivity index (χ1) is 8.85. The number of benzene rings is 1. The molecule has 2 amide bonds. The van der Waals surface area contributed by atoms with E-state index in [9.17, 15) is 9.18 Å². The molecule has 1 atom stereocenters. The van der Waals surface area contributed by atoms with E-state index in [1.807, 2.05) is 13.8 Å². The smallest absolute Gasteiger partial charge is 0.320 e. The van der Waals surface area contributed by atoms with Crippen molar-refractivity contribution in [2.75, 3.05) is 5.32 Å². The third-order valence-corrected chi connectivity index (χ3v) is 3.26. The summed E-state index contributed by atoms with van der Waals surface area (Å²) in [4.78, 5) is 11.8. The van der Waals surface area contributed by atoms with Crippen LogP contribution < -0.4 is 10.6 Å². The van der Waals surface area contributed by atoms with Crippen LogP contribution in [0.5, 0.6) is 0 Å². The van der Waals surface area contributed by atoms with Crippen molar-refractivity contribution in [2.24, 2.45) is 5.92 Å². The maximum Gasteiger partial charge on any atom is 0.320 e. The predicted octanol–water partition coefficient (Wildman–Crippen LogP) is 3.68. The molecule has 1 unspecified atom stereocenters. The Balaban J connectivity index is 2.78. The third-order valence-electron chi connectivity index (χ3n) is 2.65. The Labute approximate surface area is 121 Å². The Hall–Kier alpha value is -1.54. The fourth-order valence-corrected chi connectivity index (χ4v) is 1.82. The zero-order valence-electron chi connectivity index (χ0n) is 11.1. The summed E-state index contributed by atoms with van der Waals surface area (Å²) >= 11 is 3.08. The minimum Gasteiger partial charge on any atom is -0.324 e. The second kappa shape index (κ2) is 6.58. The summed E-state index contributed by atoms with van der Waals surface area (Å²) in [5.41, 5.74) is 1.17. The lowest BCUT2D eigenvalue weighted by Crippen LogP contribution is -2.40. The molecule has 1 rings (SSSR count). The highest BCUT2D eigenvalue weighted by Gasteiger charge is 2.14. The largest absolute Gasteiger partial charge is 0.324 e. The molecule has 2 N–H and O–H groups in total. The van der Waals surface area contributed by atoms with Crippen LogP contribution in [-0.4, -0.2) is 12.1 Å². The van der Waals surface area contributed by atoms with Crippen LogP contribution in [0.3, 0.4) is 0 Å². The number of hydrogen-bond donors (Lipinski definition) is 2. The molecule has 0 saturated carbocycles. The topological polar surface area (TPSA) is 41.1 Å². The Morgan fingerprint density at radius 3 is 2.63 bits per heavy atom. The van der Waals surface area contributed by atoms with Gasteiger partial charge in [-0.1, -0.05) is 19.8 Å². The molecule has 0 aliphatic heterocycles. The Morgan fingerprint density at radius 2 is 2.11 bits per heavy atom. The maximum absolute atomic E-state index is 13.3. The van der Waals surface area contributed by atoms with Gasteiger partial charge in [0.1, 0.15) is 5.82 Å². The molecule has 0 radical (unpaired) electrons. The van der Waals surface area contributed by atoms with Gasteiger partial charge in [-0.2, -0.15) is 0 Å². The van der Waals surface area contributed by atoms with Crippen molar-refractivity contribution in [3.05, 3.63) is 28.0 Å². The van der Waals surface area contributed by atoms with E-state index in [1.54, 1.807) is 6.92 Å². The second-order valence-electron chi connectivity index (χ2n) is 4.57. The molecule has 0 bridgehead atoms. The van der Waals surface area contributed by atoms with E-state index in [2.05, 4.69) is 32.5 Å². The molecule has 102 valence electrons. The van der Waals surface area contributed by atoms with Crippen molar-refractivity contribution in [3.8, 4) is 12.3 Å². The molecule has 1 aromatic rings. The molecule has 3 nitrogen and oxygen atoms in total. The number of carbonyl (C=O) groups is 1. The molecule has 0 aliphatic carbocycles. The molecule has 19 heavy (non-hydrogen) atoms. The van der Waals surface area contributed by atoms with Gasteiger partial charge in [0.05, 0.1) is 10.5 Å². The zero-order chi connectivity index (χ0) is 14.6. The number of urea groups is 1. The first kappa shape index (κ1) is 15.5. The summed E-state index contributed by atoms with van der Waals surface area (Å²) in [6, 6.07) is 2.12. The van der Waals surface area contributed by atoms with Crippen molar-refractivity contribution in [1.29, 1.82) is 0 Å². The normalized spacial score (nSPS) is 11.8. The molecule has 0 aromatic heterocycles. The van der Waals surface area contributed by atoms with E-state index >= 15 is 0 Å². The van der Waals surface area contributed by atoms with Gasteiger partial charge in [0, 0.05) is 5.69 Å². The lowest BCUT2D eigenvalue weighted by atomic mass is 10.1. The first-order valence-electron chi connectivity index (χ1n) is 5.84. The molecular formula is C14H16BrFN2O. The Morgan fingerprint density at radius 1 is 1.47 bits per heavy atom. The fraction of sp³-hybridized carbons (Fsp3) is 0.357. The van der Waals surface area contributed by atoms with Crippen molar-refractivity contribution in [1.82, 2.24) is 5.32 Å². The summed E-state index contributed by atoms with van der Waals surface area (Å²) in [5, 5.41) is 5.34. The second-order valence-corrected chi connectivity index (χ2v) is 5.42. The quantitative estimate of drug-likeness (QED) is 0.817. The van der Waals surface area contributed by atoms with E-state index in [0.717, 1.165) is 0 Å². The van der Waals surface area contributed by atoms with Gasteiger partial charge in [0.25, 0.3) is 0 Å². The summed E-state index contributed by atoms with van der Waals surface area (Å²) in [6.45, 7) is 5.56. The van der Waals surface area contributed by atoms with Crippen LogP contribution in [0.1, 0.15) is 19.4 Å². The maximum atomic E-state index is 13.3. The number of hydrogen-bond acceptors (Lipinski definition) is 1. The lowest BCUT2D eigenvalue weighted by Gasteiger charge is -2.17. The summed E-state index contributed by atoms with van der Waals surface area (Å²) < 4.78 is 13.6. The van der Waals surface area contributed by atoms with Gasteiger partial charge in [0.2, 0.25) is 0 Å². The number of carbonyl (C=O) groups excluding carboxylic acids is 1. The minimum absolute atomic E-state index is 0.136. The van der Waals surface area contributed by atoms with E-state index in [-0.39, 0.29) is 17.8 Å². The van der Waals surface area contributed by atoms with Gasteiger partial charge in [-0.05, 0) is 46.5 Å². The average molecular weight is 327 g/mol. The molecule has 1 aromatic carbocycles. The highest BCUT2D eigenvalue weighted by atomic mass is 79.9. The average Bonchev–Trinajstić information content (AvgIpc) is 2.32. The molecule has 0 aliphatic rings. The standard InChI is InChI=1S/C14H16BrFN2O/c1-5-12(8(2)3)17-14(19)18-13-7-10(15)11(16)6-9(13)4/h1,6-8,12H,2-4H3,(H2,17,18,19). The van der Waals surface area contributed by atoms with E-state index in [4.69, 9.17) is 6.42 Å². The van der Waals surface area contributed by atoms with Gasteiger partial charge in [-0.3, -0.25) is 0 Å². The van der Waals surface area contributed by atoms with E-state index in [1.165, 1.54) is 12.1 Å². The SMILES string of the molecule is C#CC(NC(=O)Nc1cc(Br)c(F)cc1C)C(C)C. The van der Waals surface area contributed by atoms with Crippen LogP contribution >= 0.6 is 15.9 Å². The van der Waals surface area contributed by atoms with Crippen molar-refractivity contribution in [3.63, 3.8) is 0 Å². The molecule has 0 saturated heterocycles. The number of anilines is 1. The summed E-state index contributed by atoms with van der Waals surface area (Å²) in [6.07, 6.45) is 5.34. The van der Waals surface area contributed by atoms with Gasteiger partial charge < -0.3 is 10.6 Å². The Kier molecular flexibility index (Phi) is 5.37. The van der Waals surface area contributed by atoms with E-state index in [0.29, 0.717) is 15.7 Å². The van der Waals surface area contributed by atoms with Gasteiger partial charge in [-0.25, -0.2) is 9.18 Å². The number of rotatable bonds is 3. The van der Waals surface area contributed by atoms with E-state index < -0.39 is 6.03 Å². The summed E-state index contributed by atoms with van der Waals surface area (Å²) in [7, 11) is 0. The molecule has 0 spiro atoms. The molecule has 0 heterocycles. The minimum atomic E-state index is -0.404. The predicted molar refractivity (Wildman–Crippen MR) is 78.5 cm³/mol. The van der Waals surface area contributed by atoms with Crippen LogP contribution in [0.25, 0.3) is 0 Å². The summed E-state index contributed by atoms with van der Waals surface area (Å²) in [5.74, 6) is 2.28. The third kappa shape index (κ3) is 4.25. The number of terminal acetylenes is 1. The van der Waals surface area contributed by atoms with Crippen LogP contribution in [0.4, 0.5) is 14.9 Å². The van der Waals surface area contributed by atoms with Gasteiger partial charge in [-0.15, -0.1) is 6.42 Å². The monoisotopic (exact) mass is 326 g/mol. The zero-order valence-corrected chi connectivity index (χ0v) is 12.6. The lowest BCUT2D eigenvalue weighted by molar-refractivity contribution is 0.248. The van der Waals surface area contributed by atoms with Crippen LogP contribution in [0.15, 0.2) is 16.6 Å². The van der Waals surface area contributed by atoms with Crippen molar-refractivity contribution in [2.45, 2.75) is 26.8 Å². The molecule has 5 heteroatoms. The molecule has 0 fully saturated rings. The number of aryl methyl sites for hydroxylation is 1. The van der Waals surface area contributed by atoms with Crippen LogP contribution in [-0.2, 0) is 0 Å². The van der Waals surface area contributed by atoms with Crippen LogP contribution in [0, 0.1) is 31.0 Å². The fourth-order valence-electron chi connectivity index (χ4n) is 1.48. The van der Waals surface area contributed by atoms with Gasteiger partial charge in [0.15, 0.2) is 0 Å². The van der Waals surface area contributed by atoms with Gasteiger partial charge >= 0.3 is 6.03 Å². The highest BCUT2D eigenvalue weighted by molar-refractivity contribution is 9.10. The molecular weight excluding hydrogens is 311 g/mol. The van der Waals surface area contributed by atoms with Crippen molar-refractivity contribution >= 4 is 27.6 Å². The number of nitrogens with one attached hydrogen (secondary N) is 2. The Bertz CT molecular complexity index is 523. The van der Waals surface area contributed by atoms with Crippen LogP contribution in [0.2, 0.25) is 0 Å². The van der Waals surface area contributed by atoms with Crippen molar-refractivity contribution < 1.29 is 9.18 Å².